The van der Waals surface area contributed by atoms with E-state index in [1.807, 2.05) is 20.8 Å². The van der Waals surface area contributed by atoms with Crippen molar-refractivity contribution in [1.82, 2.24) is 10.3 Å². The van der Waals surface area contributed by atoms with Crippen LogP contribution in [-0.4, -0.2) is 47.1 Å². The molecule has 12 heteroatoms. The molecule has 4 N–H and O–H groups in total. The van der Waals surface area contributed by atoms with Crippen LogP contribution in [0.2, 0.25) is 10.2 Å². The summed E-state index contributed by atoms with van der Waals surface area (Å²) in [6.07, 6.45) is 0.410. The second kappa shape index (κ2) is 10.8. The number of carbonyl (C=O) groups excluding carboxylic acids is 2. The Morgan fingerprint density at radius 2 is 1.90 bits per heavy atom. The molecule has 4 atom stereocenters. The number of nitrogens with one attached hydrogen (secondary N) is 3. The molecule has 42 heavy (non-hydrogen) atoms. The van der Waals surface area contributed by atoms with Gasteiger partial charge in [-0.05, 0) is 53.8 Å². The topological polar surface area (TPSA) is 130 Å². The molecule has 5 rings (SSSR count). The van der Waals surface area contributed by atoms with Crippen molar-refractivity contribution >= 4 is 52.4 Å². The number of halogens is 3. The molecule has 2 aromatic carbocycles. The number of carboxylic acid groups (broad SMARTS) is 1. The molecule has 0 bridgehead atoms. The molecule has 1 aromatic heterocycles. The fourth-order valence-electron chi connectivity index (χ4n) is 6.10. The lowest BCUT2D eigenvalue weighted by Gasteiger charge is -2.37. The van der Waals surface area contributed by atoms with E-state index < -0.39 is 47.0 Å². The molecular weight excluding hydrogens is 586 g/mol. The molecule has 0 radical (unpaired) electrons. The van der Waals surface area contributed by atoms with E-state index in [0.29, 0.717) is 17.8 Å². The van der Waals surface area contributed by atoms with Gasteiger partial charge in [0.05, 0.1) is 40.8 Å². The molecule has 2 aliphatic heterocycles. The maximum atomic E-state index is 15.9. The number of hydrogen-bond donors (Lipinski definition) is 4. The predicted molar refractivity (Wildman–Crippen MR) is 157 cm³/mol. The lowest BCUT2D eigenvalue weighted by Crippen LogP contribution is -2.50. The summed E-state index contributed by atoms with van der Waals surface area (Å²) >= 11 is 12.6. The summed E-state index contributed by atoms with van der Waals surface area (Å²) in [4.78, 5) is 44.3. The number of ether oxygens (including phenoxy) is 1. The van der Waals surface area contributed by atoms with E-state index in [-0.39, 0.29) is 38.2 Å². The smallest absolute Gasteiger partial charge is 0.335 e. The van der Waals surface area contributed by atoms with Gasteiger partial charge < -0.3 is 25.8 Å². The summed E-state index contributed by atoms with van der Waals surface area (Å²) in [5.41, 5.74) is -0.915. The van der Waals surface area contributed by atoms with E-state index in [4.69, 9.17) is 27.9 Å². The molecule has 0 unspecified atom stereocenters. The van der Waals surface area contributed by atoms with Gasteiger partial charge in [-0.3, -0.25) is 9.59 Å². The quantitative estimate of drug-likeness (QED) is 0.265. The molecular formula is C30H29Cl2FN4O5. The molecule has 0 aliphatic carbocycles. The Kier molecular flexibility index (Phi) is 7.67. The fraction of sp³-hybridized carbons (Fsp3) is 0.333. The van der Waals surface area contributed by atoms with Gasteiger partial charge in [0.25, 0.3) is 0 Å². The highest BCUT2D eigenvalue weighted by molar-refractivity contribution is 6.31. The number of rotatable bonds is 6. The maximum Gasteiger partial charge on any atom is 0.335 e. The number of aromatic carboxylic acids is 1. The van der Waals surface area contributed by atoms with Crippen molar-refractivity contribution in [3.05, 3.63) is 81.3 Å². The normalized spacial score (nSPS) is 23.0. The summed E-state index contributed by atoms with van der Waals surface area (Å²) < 4.78 is 21.2. The second-order valence-electron chi connectivity index (χ2n) is 11.6. The Hall–Kier alpha value is -3.73. The van der Waals surface area contributed by atoms with Crippen LogP contribution in [0.3, 0.4) is 0 Å². The van der Waals surface area contributed by atoms with E-state index in [1.165, 1.54) is 37.4 Å². The monoisotopic (exact) mass is 614 g/mol. The van der Waals surface area contributed by atoms with Gasteiger partial charge in [-0.25, -0.2) is 14.2 Å². The van der Waals surface area contributed by atoms with E-state index in [2.05, 4.69) is 20.9 Å². The number of benzene rings is 2. The van der Waals surface area contributed by atoms with Crippen LogP contribution in [0.15, 0.2) is 48.5 Å². The summed E-state index contributed by atoms with van der Waals surface area (Å²) in [5, 5.41) is 18.4. The lowest BCUT2D eigenvalue weighted by atomic mass is 9.64. The average Bonchev–Trinajstić information content (AvgIpc) is 3.39. The van der Waals surface area contributed by atoms with Crippen molar-refractivity contribution in [2.45, 2.75) is 50.6 Å². The number of methoxy groups -OCH3 is 1. The van der Waals surface area contributed by atoms with Crippen LogP contribution in [-0.2, 0) is 15.0 Å². The van der Waals surface area contributed by atoms with E-state index >= 15 is 4.39 Å². The molecule has 2 aliphatic rings. The van der Waals surface area contributed by atoms with E-state index in [1.54, 1.807) is 18.2 Å². The zero-order valence-corrected chi connectivity index (χ0v) is 24.7. The number of carbonyl (C=O) groups is 3. The first kappa shape index (κ1) is 29.8. The summed E-state index contributed by atoms with van der Waals surface area (Å²) in [6.45, 7) is 6.00. The van der Waals surface area contributed by atoms with Crippen LogP contribution in [0.5, 0.6) is 5.75 Å². The Morgan fingerprint density at radius 1 is 1.17 bits per heavy atom. The van der Waals surface area contributed by atoms with Crippen molar-refractivity contribution in [2.75, 3.05) is 17.7 Å². The summed E-state index contributed by atoms with van der Waals surface area (Å²) in [5.74, 6) is -3.96. The van der Waals surface area contributed by atoms with Crippen molar-refractivity contribution in [1.29, 1.82) is 0 Å². The fourth-order valence-corrected chi connectivity index (χ4v) is 6.43. The highest BCUT2D eigenvalue weighted by atomic mass is 35.5. The van der Waals surface area contributed by atoms with E-state index in [9.17, 15) is 19.5 Å². The second-order valence-corrected chi connectivity index (χ2v) is 12.4. The van der Waals surface area contributed by atoms with Gasteiger partial charge >= 0.3 is 5.97 Å². The zero-order chi connectivity index (χ0) is 30.6. The number of aromatic nitrogens is 1. The molecule has 3 heterocycles. The Morgan fingerprint density at radius 3 is 2.57 bits per heavy atom. The third-order valence-corrected chi connectivity index (χ3v) is 8.26. The molecule has 3 aromatic rings. The predicted octanol–water partition coefficient (Wildman–Crippen LogP) is 5.62. The van der Waals surface area contributed by atoms with Crippen LogP contribution < -0.4 is 20.7 Å². The number of hydrogen-bond acceptors (Lipinski definition) is 6. The lowest BCUT2D eigenvalue weighted by molar-refractivity contribution is -0.122. The Balaban J connectivity index is 1.71. The first-order chi connectivity index (χ1) is 19.8. The van der Waals surface area contributed by atoms with Gasteiger partial charge in [-0.15, -0.1) is 0 Å². The van der Waals surface area contributed by atoms with Gasteiger partial charge in [0.1, 0.15) is 22.1 Å². The molecule has 9 nitrogen and oxygen atoms in total. The number of anilines is 2. The number of pyridine rings is 1. The SMILES string of the molecule is COc1cc(C(=O)O)ccc1NC(=O)[C@@H]1N[C@@H](CC(C)(C)C)[C@@]2(C(=O)Nc3ccc(Cl)nc32)[C@H]1c1cccc(Cl)c1F. The average molecular weight is 615 g/mol. The van der Waals surface area contributed by atoms with Gasteiger partial charge in [-0.1, -0.05) is 56.1 Å². The highest BCUT2D eigenvalue weighted by Crippen LogP contribution is 2.56. The van der Waals surface area contributed by atoms with Crippen LogP contribution in [0.25, 0.3) is 0 Å². The van der Waals surface area contributed by atoms with Gasteiger partial charge in [-0.2, -0.15) is 0 Å². The maximum absolute atomic E-state index is 15.9. The molecule has 1 fully saturated rings. The third-order valence-electron chi connectivity index (χ3n) is 7.75. The molecule has 0 saturated carbocycles. The Labute approximate surface area is 251 Å². The van der Waals surface area contributed by atoms with Gasteiger partial charge in [0.15, 0.2) is 0 Å². The van der Waals surface area contributed by atoms with Gasteiger partial charge in [0.2, 0.25) is 11.8 Å². The third kappa shape index (κ3) is 4.97. The summed E-state index contributed by atoms with van der Waals surface area (Å²) in [7, 11) is 1.35. The number of fused-ring (bicyclic) bond motifs is 2. The minimum atomic E-state index is -1.54. The van der Waals surface area contributed by atoms with Gasteiger partial charge in [0, 0.05) is 12.0 Å². The molecule has 1 saturated heterocycles. The Bertz CT molecular complexity index is 1610. The first-order valence-electron chi connectivity index (χ1n) is 13.2. The first-order valence-corrected chi connectivity index (χ1v) is 13.9. The summed E-state index contributed by atoms with van der Waals surface area (Å²) in [6, 6.07) is 9.83. The molecule has 2 amide bonds. The van der Waals surface area contributed by atoms with Crippen LogP contribution in [0, 0.1) is 11.2 Å². The van der Waals surface area contributed by atoms with Crippen LogP contribution in [0.1, 0.15) is 54.7 Å². The van der Waals surface area contributed by atoms with Crippen molar-refractivity contribution < 1.29 is 28.6 Å². The number of amides is 2. The standard InChI is InChI=1S/C30H29Cl2FN4O5/c1-29(2,3)13-20-30(25-18(35-28(30)41)10-11-21(32)37-25)22(15-6-5-7-16(31)23(15)33)24(36-20)26(38)34-17-9-8-14(27(39)40)12-19(17)42-4/h5-12,20,22,24,36H,13H2,1-4H3,(H,34,38)(H,35,41)(H,39,40)/t20-,22-,24+,30+/m0/s1. The minimum Gasteiger partial charge on any atom is -0.495 e. The largest absolute Gasteiger partial charge is 0.495 e. The van der Waals surface area contributed by atoms with Crippen LogP contribution in [0.4, 0.5) is 15.8 Å². The zero-order valence-electron chi connectivity index (χ0n) is 23.2. The number of carboxylic acids is 1. The van der Waals surface area contributed by atoms with Crippen LogP contribution >= 0.6 is 23.2 Å². The molecule has 220 valence electrons. The molecule has 1 spiro atoms. The van der Waals surface area contributed by atoms with E-state index in [0.717, 1.165) is 0 Å². The minimum absolute atomic E-state index is 0.0332. The number of nitrogens with zero attached hydrogens (tertiary/aromatic N) is 1. The van der Waals surface area contributed by atoms with Crippen molar-refractivity contribution in [3.63, 3.8) is 0 Å². The highest BCUT2D eigenvalue weighted by Gasteiger charge is 2.67. The van der Waals surface area contributed by atoms with Crippen molar-refractivity contribution in [2.24, 2.45) is 5.41 Å². The van der Waals surface area contributed by atoms with Crippen molar-refractivity contribution in [3.8, 4) is 5.75 Å².